The van der Waals surface area contributed by atoms with E-state index in [1.54, 1.807) is 30.3 Å². The molecule has 96 valence electrons. The van der Waals surface area contributed by atoms with Crippen LogP contribution >= 0.6 is 0 Å². The predicted molar refractivity (Wildman–Crippen MR) is 72.5 cm³/mol. The standard InChI is InChI=1S/C15H13NO3/c1-10(17)13-9-12(7-8-14(13)18)16-15(19)11-5-3-2-4-6-11/h2-9,18H,1H3,(H,16,19). The van der Waals surface area contributed by atoms with Gasteiger partial charge in [0.05, 0.1) is 5.56 Å². The van der Waals surface area contributed by atoms with Gasteiger partial charge in [-0.2, -0.15) is 0 Å². The second-order valence-corrected chi connectivity index (χ2v) is 4.11. The zero-order chi connectivity index (χ0) is 13.8. The molecule has 4 heteroatoms. The molecule has 4 nitrogen and oxygen atoms in total. The molecule has 0 atom stereocenters. The van der Waals surface area contributed by atoms with E-state index >= 15 is 0 Å². The molecule has 0 saturated heterocycles. The first-order valence-electron chi connectivity index (χ1n) is 5.78. The Morgan fingerprint density at radius 3 is 2.37 bits per heavy atom. The lowest BCUT2D eigenvalue weighted by atomic mass is 10.1. The molecule has 0 saturated carbocycles. The number of amides is 1. The topological polar surface area (TPSA) is 66.4 Å². The number of phenols is 1. The lowest BCUT2D eigenvalue weighted by Crippen LogP contribution is -2.12. The van der Waals surface area contributed by atoms with Gasteiger partial charge >= 0.3 is 0 Å². The molecule has 2 N–H and O–H groups in total. The van der Waals surface area contributed by atoms with Crippen LogP contribution in [0.25, 0.3) is 0 Å². The number of nitrogens with one attached hydrogen (secondary N) is 1. The third-order valence-electron chi connectivity index (χ3n) is 2.67. The number of anilines is 1. The summed E-state index contributed by atoms with van der Waals surface area (Å²) in [7, 11) is 0. The quantitative estimate of drug-likeness (QED) is 0.654. The number of Topliss-reactive ketones (excluding diaryl/α,β-unsaturated/α-hetero) is 1. The molecule has 0 unspecified atom stereocenters. The van der Waals surface area contributed by atoms with Crippen molar-refractivity contribution in [3.8, 4) is 5.75 Å². The van der Waals surface area contributed by atoms with Crippen LogP contribution in [0.1, 0.15) is 27.6 Å². The summed E-state index contributed by atoms with van der Waals surface area (Å²) in [4.78, 5) is 23.2. The number of carbonyl (C=O) groups excluding carboxylic acids is 2. The van der Waals surface area contributed by atoms with Crippen molar-refractivity contribution in [3.63, 3.8) is 0 Å². The lowest BCUT2D eigenvalue weighted by molar-refractivity contribution is 0.100. The summed E-state index contributed by atoms with van der Waals surface area (Å²) in [5, 5.41) is 12.2. The van der Waals surface area contributed by atoms with Gasteiger partial charge in [-0.3, -0.25) is 9.59 Å². The predicted octanol–water partition coefficient (Wildman–Crippen LogP) is 2.85. The molecule has 1 amide bonds. The number of ketones is 1. The van der Waals surface area contributed by atoms with E-state index in [0.717, 1.165) is 0 Å². The van der Waals surface area contributed by atoms with Crippen LogP contribution in [0.5, 0.6) is 5.75 Å². The molecule has 2 rings (SSSR count). The van der Waals surface area contributed by atoms with E-state index in [2.05, 4.69) is 5.32 Å². The zero-order valence-corrected chi connectivity index (χ0v) is 10.4. The highest BCUT2D eigenvalue weighted by Crippen LogP contribution is 2.22. The molecule has 0 fully saturated rings. The van der Waals surface area contributed by atoms with Gasteiger partial charge in [-0.1, -0.05) is 18.2 Å². The van der Waals surface area contributed by atoms with E-state index in [0.29, 0.717) is 11.3 Å². The first kappa shape index (κ1) is 12.8. The van der Waals surface area contributed by atoms with Gasteiger partial charge in [-0.15, -0.1) is 0 Å². The van der Waals surface area contributed by atoms with E-state index in [4.69, 9.17) is 0 Å². The van der Waals surface area contributed by atoms with Gasteiger partial charge in [0.2, 0.25) is 0 Å². The van der Waals surface area contributed by atoms with Crippen LogP contribution in [0.15, 0.2) is 48.5 Å². The number of carbonyl (C=O) groups is 2. The Hall–Kier alpha value is -2.62. The summed E-state index contributed by atoms with van der Waals surface area (Å²) in [5.74, 6) is -0.612. The van der Waals surface area contributed by atoms with Crippen LogP contribution in [0.4, 0.5) is 5.69 Å². The average Bonchev–Trinajstić information content (AvgIpc) is 2.41. The molecule has 19 heavy (non-hydrogen) atoms. The van der Waals surface area contributed by atoms with Gasteiger partial charge in [0.15, 0.2) is 5.78 Å². The smallest absolute Gasteiger partial charge is 0.255 e. The average molecular weight is 255 g/mol. The normalized spacial score (nSPS) is 9.95. The fraction of sp³-hybridized carbons (Fsp3) is 0.0667. The first-order valence-corrected chi connectivity index (χ1v) is 5.78. The third kappa shape index (κ3) is 2.98. The van der Waals surface area contributed by atoms with Crippen molar-refractivity contribution in [1.29, 1.82) is 0 Å². The van der Waals surface area contributed by atoms with Gasteiger partial charge in [0, 0.05) is 11.3 Å². The molecular weight excluding hydrogens is 242 g/mol. The maximum atomic E-state index is 11.9. The molecule has 0 bridgehead atoms. The van der Waals surface area contributed by atoms with Crippen molar-refractivity contribution in [3.05, 3.63) is 59.7 Å². The van der Waals surface area contributed by atoms with Crippen LogP contribution in [-0.2, 0) is 0 Å². The van der Waals surface area contributed by atoms with Gasteiger partial charge in [-0.25, -0.2) is 0 Å². The molecule has 0 radical (unpaired) electrons. The SMILES string of the molecule is CC(=O)c1cc(NC(=O)c2ccccc2)ccc1O. The highest BCUT2D eigenvalue weighted by atomic mass is 16.3. The summed E-state index contributed by atoms with van der Waals surface area (Å²) < 4.78 is 0. The van der Waals surface area contributed by atoms with Crippen molar-refractivity contribution >= 4 is 17.4 Å². The van der Waals surface area contributed by atoms with Crippen LogP contribution in [-0.4, -0.2) is 16.8 Å². The molecule has 0 aromatic heterocycles. The minimum absolute atomic E-state index is 0.0924. The Labute approximate surface area is 110 Å². The van der Waals surface area contributed by atoms with E-state index < -0.39 is 0 Å². The van der Waals surface area contributed by atoms with Crippen molar-refractivity contribution in [2.24, 2.45) is 0 Å². The number of rotatable bonds is 3. The highest BCUT2D eigenvalue weighted by molar-refractivity contribution is 6.05. The first-order chi connectivity index (χ1) is 9.08. The van der Waals surface area contributed by atoms with Gasteiger partial charge in [0.25, 0.3) is 5.91 Å². The summed E-state index contributed by atoms with van der Waals surface area (Å²) in [6.45, 7) is 1.36. The largest absolute Gasteiger partial charge is 0.507 e. The molecular formula is C15H13NO3. The summed E-state index contributed by atoms with van der Waals surface area (Å²) in [5.41, 5.74) is 1.18. The minimum atomic E-state index is -0.263. The van der Waals surface area contributed by atoms with E-state index in [1.807, 2.05) is 6.07 Å². The molecule has 0 aliphatic rings. The monoisotopic (exact) mass is 255 g/mol. The minimum Gasteiger partial charge on any atom is -0.507 e. The van der Waals surface area contributed by atoms with E-state index in [9.17, 15) is 14.7 Å². The van der Waals surface area contributed by atoms with Gasteiger partial charge < -0.3 is 10.4 Å². The van der Waals surface area contributed by atoms with Gasteiger partial charge in [0.1, 0.15) is 5.75 Å². The second kappa shape index (κ2) is 5.35. The lowest BCUT2D eigenvalue weighted by Gasteiger charge is -2.07. The van der Waals surface area contributed by atoms with Crippen LogP contribution < -0.4 is 5.32 Å². The molecule has 0 aliphatic heterocycles. The van der Waals surface area contributed by atoms with Crippen LogP contribution in [0, 0.1) is 0 Å². The summed E-state index contributed by atoms with van der Waals surface area (Å²) in [6, 6.07) is 13.1. The van der Waals surface area contributed by atoms with E-state index in [-0.39, 0.29) is 23.0 Å². The number of benzene rings is 2. The number of phenolic OH excluding ortho intramolecular Hbond substituents is 1. The Bertz CT molecular complexity index is 621. The Kier molecular flexibility index (Phi) is 3.61. The number of hydrogen-bond acceptors (Lipinski definition) is 3. The van der Waals surface area contributed by atoms with Crippen molar-refractivity contribution in [2.75, 3.05) is 5.32 Å². The Morgan fingerprint density at radius 2 is 1.74 bits per heavy atom. The molecule has 0 heterocycles. The van der Waals surface area contributed by atoms with Crippen molar-refractivity contribution in [2.45, 2.75) is 6.92 Å². The molecule has 0 aliphatic carbocycles. The fourth-order valence-corrected chi connectivity index (χ4v) is 1.69. The van der Waals surface area contributed by atoms with Crippen LogP contribution in [0.3, 0.4) is 0 Å². The molecule has 0 spiro atoms. The number of hydrogen-bond donors (Lipinski definition) is 2. The second-order valence-electron chi connectivity index (χ2n) is 4.11. The molecule has 2 aromatic carbocycles. The number of aromatic hydroxyl groups is 1. The van der Waals surface area contributed by atoms with Crippen molar-refractivity contribution < 1.29 is 14.7 Å². The molecule has 2 aromatic rings. The van der Waals surface area contributed by atoms with Crippen molar-refractivity contribution in [1.82, 2.24) is 0 Å². The third-order valence-corrected chi connectivity index (χ3v) is 2.67. The Morgan fingerprint density at radius 1 is 1.05 bits per heavy atom. The van der Waals surface area contributed by atoms with E-state index in [1.165, 1.54) is 19.1 Å². The van der Waals surface area contributed by atoms with Gasteiger partial charge in [-0.05, 0) is 37.3 Å². The zero-order valence-electron chi connectivity index (χ0n) is 10.4. The Balaban J connectivity index is 2.23. The maximum absolute atomic E-state index is 11.9. The van der Waals surface area contributed by atoms with Crippen LogP contribution in [0.2, 0.25) is 0 Å². The summed E-state index contributed by atoms with van der Waals surface area (Å²) in [6.07, 6.45) is 0. The highest BCUT2D eigenvalue weighted by Gasteiger charge is 2.10. The summed E-state index contributed by atoms with van der Waals surface area (Å²) >= 11 is 0. The fourth-order valence-electron chi connectivity index (χ4n) is 1.69. The maximum Gasteiger partial charge on any atom is 0.255 e.